The number of hydrogen-bond donors (Lipinski definition) is 1. The van der Waals surface area contributed by atoms with E-state index in [1.807, 2.05) is 24.6 Å². The van der Waals surface area contributed by atoms with Gasteiger partial charge >= 0.3 is 6.18 Å². The van der Waals surface area contributed by atoms with E-state index in [0.29, 0.717) is 6.42 Å². The summed E-state index contributed by atoms with van der Waals surface area (Å²) in [7, 11) is 1.71. The molecule has 0 bridgehead atoms. The highest BCUT2D eigenvalue weighted by atomic mass is 19.4. The van der Waals surface area contributed by atoms with Crippen molar-refractivity contribution in [1.82, 2.24) is 15.1 Å². The second kappa shape index (κ2) is 6.91. The third-order valence-corrected chi connectivity index (χ3v) is 2.73. The first-order valence-corrected chi connectivity index (χ1v) is 6.20. The fourth-order valence-electron chi connectivity index (χ4n) is 1.85. The predicted octanol–water partition coefficient (Wildman–Crippen LogP) is 1.92. The standard InChI is InChI=1S/C12H20F3N3O/c1-4-18-11(5-9(2)17-18)6-10(16-3)7-19-8-12(13,14)15/h5,10,16H,4,6-8H2,1-3H3. The van der Waals surface area contributed by atoms with Crippen molar-refractivity contribution >= 4 is 0 Å². The Morgan fingerprint density at radius 1 is 1.47 bits per heavy atom. The van der Waals surface area contributed by atoms with Gasteiger partial charge in [-0.25, -0.2) is 0 Å². The Labute approximate surface area is 110 Å². The van der Waals surface area contributed by atoms with Crippen LogP contribution in [0.25, 0.3) is 0 Å². The van der Waals surface area contributed by atoms with E-state index >= 15 is 0 Å². The Morgan fingerprint density at radius 2 is 2.16 bits per heavy atom. The van der Waals surface area contributed by atoms with Crippen LogP contribution < -0.4 is 5.32 Å². The Morgan fingerprint density at radius 3 is 2.68 bits per heavy atom. The third kappa shape index (κ3) is 5.61. The van der Waals surface area contributed by atoms with E-state index in [1.165, 1.54) is 0 Å². The molecule has 110 valence electrons. The molecule has 0 aliphatic heterocycles. The van der Waals surface area contributed by atoms with Gasteiger partial charge in [0, 0.05) is 24.7 Å². The van der Waals surface area contributed by atoms with Crippen molar-refractivity contribution in [3.8, 4) is 0 Å². The summed E-state index contributed by atoms with van der Waals surface area (Å²) in [6.45, 7) is 3.42. The number of aryl methyl sites for hydroxylation is 2. The van der Waals surface area contributed by atoms with Crippen LogP contribution in [0, 0.1) is 6.92 Å². The van der Waals surface area contributed by atoms with E-state index in [0.717, 1.165) is 17.9 Å². The zero-order valence-corrected chi connectivity index (χ0v) is 11.4. The lowest BCUT2D eigenvalue weighted by atomic mass is 10.1. The summed E-state index contributed by atoms with van der Waals surface area (Å²) in [5.74, 6) is 0. The van der Waals surface area contributed by atoms with Crippen molar-refractivity contribution in [2.24, 2.45) is 0 Å². The van der Waals surface area contributed by atoms with Crippen molar-refractivity contribution in [3.05, 3.63) is 17.5 Å². The van der Waals surface area contributed by atoms with Gasteiger partial charge in [0.05, 0.1) is 12.3 Å². The van der Waals surface area contributed by atoms with E-state index in [4.69, 9.17) is 0 Å². The minimum absolute atomic E-state index is 0.0178. The van der Waals surface area contributed by atoms with E-state index in [1.54, 1.807) is 7.05 Å². The lowest BCUT2D eigenvalue weighted by molar-refractivity contribution is -0.175. The molecular formula is C12H20F3N3O. The van der Waals surface area contributed by atoms with Crippen LogP contribution in [-0.2, 0) is 17.7 Å². The summed E-state index contributed by atoms with van der Waals surface area (Å²) >= 11 is 0. The molecule has 0 saturated heterocycles. The molecule has 1 heterocycles. The number of nitrogens with zero attached hydrogens (tertiary/aromatic N) is 2. The number of hydrogen-bond acceptors (Lipinski definition) is 3. The van der Waals surface area contributed by atoms with Gasteiger partial charge in [0.15, 0.2) is 0 Å². The molecule has 0 aliphatic carbocycles. The summed E-state index contributed by atoms with van der Waals surface area (Å²) < 4.78 is 42.5. The highest BCUT2D eigenvalue weighted by molar-refractivity contribution is 5.10. The molecule has 0 amide bonds. The molecule has 1 N–H and O–H groups in total. The van der Waals surface area contributed by atoms with Gasteiger partial charge < -0.3 is 10.1 Å². The highest BCUT2D eigenvalue weighted by Gasteiger charge is 2.27. The van der Waals surface area contributed by atoms with Gasteiger partial charge in [-0.3, -0.25) is 4.68 Å². The molecule has 0 spiro atoms. The molecule has 0 radical (unpaired) electrons. The highest BCUT2D eigenvalue weighted by Crippen LogP contribution is 2.15. The minimum Gasteiger partial charge on any atom is -0.370 e. The summed E-state index contributed by atoms with van der Waals surface area (Å²) in [6.07, 6.45) is -3.69. The number of rotatable bonds is 7. The average molecular weight is 279 g/mol. The van der Waals surface area contributed by atoms with Crippen molar-refractivity contribution < 1.29 is 17.9 Å². The summed E-state index contributed by atoms with van der Waals surface area (Å²) in [5.41, 5.74) is 1.90. The quantitative estimate of drug-likeness (QED) is 0.829. The molecule has 1 atom stereocenters. The Balaban J connectivity index is 2.51. The van der Waals surface area contributed by atoms with Crippen LogP contribution in [0.3, 0.4) is 0 Å². The average Bonchev–Trinajstić information content (AvgIpc) is 2.66. The Hall–Kier alpha value is -1.08. The van der Waals surface area contributed by atoms with Crippen molar-refractivity contribution in [2.75, 3.05) is 20.3 Å². The fraction of sp³-hybridized carbons (Fsp3) is 0.750. The molecule has 7 heteroatoms. The Kier molecular flexibility index (Phi) is 5.81. The molecule has 0 aromatic carbocycles. The zero-order valence-electron chi connectivity index (χ0n) is 11.4. The maximum Gasteiger partial charge on any atom is 0.411 e. The smallest absolute Gasteiger partial charge is 0.370 e. The van der Waals surface area contributed by atoms with Crippen LogP contribution in [0.5, 0.6) is 0 Å². The van der Waals surface area contributed by atoms with Crippen molar-refractivity contribution in [3.63, 3.8) is 0 Å². The van der Waals surface area contributed by atoms with Gasteiger partial charge in [-0.15, -0.1) is 0 Å². The SMILES string of the molecule is CCn1nc(C)cc1CC(COCC(F)(F)F)NC. The van der Waals surface area contributed by atoms with E-state index < -0.39 is 12.8 Å². The summed E-state index contributed by atoms with van der Waals surface area (Å²) in [4.78, 5) is 0. The molecule has 1 aromatic rings. The van der Waals surface area contributed by atoms with Gasteiger partial charge in [-0.2, -0.15) is 18.3 Å². The van der Waals surface area contributed by atoms with Crippen molar-refractivity contribution in [2.45, 2.75) is 39.0 Å². The van der Waals surface area contributed by atoms with Crippen LogP contribution >= 0.6 is 0 Å². The molecule has 0 fully saturated rings. The number of ether oxygens (including phenoxy) is 1. The largest absolute Gasteiger partial charge is 0.411 e. The molecule has 1 rings (SSSR count). The molecular weight excluding hydrogens is 259 g/mol. The first-order chi connectivity index (χ1) is 8.85. The van der Waals surface area contributed by atoms with Crippen LogP contribution in [-0.4, -0.2) is 42.3 Å². The first kappa shape index (κ1) is 16.0. The third-order valence-electron chi connectivity index (χ3n) is 2.73. The molecule has 4 nitrogen and oxygen atoms in total. The normalized spacial score (nSPS) is 13.8. The van der Waals surface area contributed by atoms with E-state index in [-0.39, 0.29) is 12.6 Å². The van der Waals surface area contributed by atoms with E-state index in [9.17, 15) is 13.2 Å². The number of halogens is 3. The number of nitrogens with one attached hydrogen (secondary N) is 1. The molecule has 0 aliphatic rings. The number of likely N-dealkylation sites (N-methyl/N-ethyl adjacent to an activating group) is 1. The minimum atomic E-state index is -4.28. The molecule has 1 unspecified atom stereocenters. The number of alkyl halides is 3. The van der Waals surface area contributed by atoms with Crippen LogP contribution in [0.1, 0.15) is 18.3 Å². The molecule has 19 heavy (non-hydrogen) atoms. The molecule has 0 saturated carbocycles. The van der Waals surface area contributed by atoms with Crippen LogP contribution in [0.4, 0.5) is 13.2 Å². The molecule has 1 aromatic heterocycles. The second-order valence-electron chi connectivity index (χ2n) is 4.41. The first-order valence-electron chi connectivity index (χ1n) is 6.20. The van der Waals surface area contributed by atoms with E-state index in [2.05, 4.69) is 15.2 Å². The predicted molar refractivity (Wildman–Crippen MR) is 66.1 cm³/mol. The summed E-state index contributed by atoms with van der Waals surface area (Å²) in [6, 6.07) is 1.78. The van der Waals surface area contributed by atoms with Gasteiger partial charge in [-0.1, -0.05) is 0 Å². The summed E-state index contributed by atoms with van der Waals surface area (Å²) in [5, 5.41) is 7.27. The lowest BCUT2D eigenvalue weighted by Gasteiger charge is -2.17. The van der Waals surface area contributed by atoms with Crippen LogP contribution in [0.2, 0.25) is 0 Å². The number of aromatic nitrogens is 2. The van der Waals surface area contributed by atoms with Crippen LogP contribution in [0.15, 0.2) is 6.07 Å². The van der Waals surface area contributed by atoms with Gasteiger partial charge in [0.25, 0.3) is 0 Å². The fourth-order valence-corrected chi connectivity index (χ4v) is 1.85. The topological polar surface area (TPSA) is 39.1 Å². The van der Waals surface area contributed by atoms with Crippen molar-refractivity contribution in [1.29, 1.82) is 0 Å². The van der Waals surface area contributed by atoms with Gasteiger partial charge in [0.1, 0.15) is 6.61 Å². The zero-order chi connectivity index (χ0) is 14.5. The van der Waals surface area contributed by atoms with Gasteiger partial charge in [0.2, 0.25) is 0 Å². The lowest BCUT2D eigenvalue weighted by Crippen LogP contribution is -2.34. The maximum atomic E-state index is 12.0. The maximum absolute atomic E-state index is 12.0. The Bertz CT molecular complexity index is 390. The monoisotopic (exact) mass is 279 g/mol. The second-order valence-corrected chi connectivity index (χ2v) is 4.41. The van der Waals surface area contributed by atoms with Gasteiger partial charge in [-0.05, 0) is 27.0 Å².